The van der Waals surface area contributed by atoms with Gasteiger partial charge in [0.05, 0.1) is 28.9 Å². The van der Waals surface area contributed by atoms with Crippen LogP contribution in [-0.4, -0.2) is 47.2 Å². The summed E-state index contributed by atoms with van der Waals surface area (Å²) >= 11 is 1.27. The Balaban J connectivity index is 1.56. The molecular formula is C28H22N2O7S. The van der Waals surface area contributed by atoms with Crippen molar-refractivity contribution in [3.05, 3.63) is 76.9 Å². The van der Waals surface area contributed by atoms with Crippen molar-refractivity contribution in [2.75, 3.05) is 25.2 Å². The fourth-order valence-corrected chi connectivity index (χ4v) is 5.77. The van der Waals surface area contributed by atoms with Crippen LogP contribution in [-0.2, 0) is 9.59 Å². The molecule has 1 unspecified atom stereocenters. The number of anilines is 1. The van der Waals surface area contributed by atoms with E-state index < -0.39 is 17.7 Å². The predicted molar refractivity (Wildman–Crippen MR) is 141 cm³/mol. The number of amides is 1. The predicted octanol–water partition coefficient (Wildman–Crippen LogP) is 4.72. The summed E-state index contributed by atoms with van der Waals surface area (Å²) in [6.07, 6.45) is 0. The van der Waals surface area contributed by atoms with Gasteiger partial charge < -0.3 is 24.4 Å². The summed E-state index contributed by atoms with van der Waals surface area (Å²) in [6, 6.07) is 14.1. The highest BCUT2D eigenvalue weighted by Gasteiger charge is 2.48. The van der Waals surface area contributed by atoms with Gasteiger partial charge in [-0.25, -0.2) is 4.98 Å². The van der Waals surface area contributed by atoms with Gasteiger partial charge in [-0.05, 0) is 60.5 Å². The highest BCUT2D eigenvalue weighted by molar-refractivity contribution is 7.22. The average molecular weight is 531 g/mol. The van der Waals surface area contributed by atoms with Crippen LogP contribution in [0.15, 0.2) is 60.2 Å². The summed E-state index contributed by atoms with van der Waals surface area (Å²) in [5.41, 5.74) is 2.35. The second-order valence-corrected chi connectivity index (χ2v) is 9.94. The Bertz CT molecular complexity index is 1660. The maximum Gasteiger partial charge on any atom is 0.301 e. The highest BCUT2D eigenvalue weighted by Crippen LogP contribution is 2.46. The van der Waals surface area contributed by atoms with E-state index in [4.69, 9.17) is 14.2 Å². The van der Waals surface area contributed by atoms with E-state index in [0.717, 1.165) is 10.3 Å². The van der Waals surface area contributed by atoms with Crippen molar-refractivity contribution in [3.63, 3.8) is 0 Å². The van der Waals surface area contributed by atoms with E-state index in [9.17, 15) is 19.8 Å². The van der Waals surface area contributed by atoms with Gasteiger partial charge >= 0.3 is 5.91 Å². The molecule has 3 heterocycles. The number of aromatic hydroxyl groups is 1. The summed E-state index contributed by atoms with van der Waals surface area (Å²) in [7, 11) is 1.40. The number of benzene rings is 3. The number of methoxy groups -OCH3 is 1. The quantitative estimate of drug-likeness (QED) is 0.221. The molecule has 2 aliphatic heterocycles. The topological polar surface area (TPSA) is 118 Å². The van der Waals surface area contributed by atoms with Crippen LogP contribution in [0.4, 0.5) is 5.13 Å². The summed E-state index contributed by atoms with van der Waals surface area (Å²) < 4.78 is 17.3. The van der Waals surface area contributed by atoms with Gasteiger partial charge in [0.2, 0.25) is 0 Å². The van der Waals surface area contributed by atoms with Crippen LogP contribution < -0.4 is 19.1 Å². The number of carbonyl (C=O) groups excluding carboxylic acids is 2. The largest absolute Gasteiger partial charge is 0.507 e. The molecule has 0 radical (unpaired) electrons. The van der Waals surface area contributed by atoms with Gasteiger partial charge in [0.15, 0.2) is 28.1 Å². The number of Topliss-reactive ketones (excluding diaryl/α,β-unsaturated/α-hetero) is 1. The van der Waals surface area contributed by atoms with E-state index in [1.165, 1.54) is 35.5 Å². The number of thiazole rings is 1. The molecule has 1 amide bonds. The number of aliphatic hydroxyl groups is 1. The number of carbonyl (C=O) groups is 2. The fourth-order valence-electron chi connectivity index (χ4n) is 4.68. The third kappa shape index (κ3) is 3.81. The minimum Gasteiger partial charge on any atom is -0.507 e. The highest BCUT2D eigenvalue weighted by atomic mass is 32.1. The first kappa shape index (κ1) is 23.8. The van der Waals surface area contributed by atoms with E-state index in [-0.39, 0.29) is 22.8 Å². The van der Waals surface area contributed by atoms with E-state index >= 15 is 0 Å². The molecule has 6 rings (SSSR count). The Kier molecular flexibility index (Phi) is 5.68. The van der Waals surface area contributed by atoms with Gasteiger partial charge in [-0.3, -0.25) is 14.5 Å². The Morgan fingerprint density at radius 1 is 1.05 bits per heavy atom. The summed E-state index contributed by atoms with van der Waals surface area (Å²) in [6.45, 7) is 2.72. The first-order valence-electron chi connectivity index (χ1n) is 11.8. The lowest BCUT2D eigenvalue weighted by molar-refractivity contribution is -0.132. The Morgan fingerprint density at radius 2 is 1.84 bits per heavy atom. The molecule has 0 saturated carbocycles. The zero-order chi connectivity index (χ0) is 26.6. The summed E-state index contributed by atoms with van der Waals surface area (Å²) in [5, 5.41) is 21.9. The molecule has 2 aliphatic rings. The molecule has 10 heteroatoms. The number of phenols is 1. The standard InChI is InChI=1S/C28H22N2O7S/c1-14-3-6-17-22(11-14)38-28(29-17)30-24(15-4-7-18(31)20(12-15)35-2)23(26(33)27(30)34)25(32)16-5-8-19-21(13-16)37-10-9-36-19/h3-8,11-13,24,31-32H,9-10H2,1-2H3. The second-order valence-electron chi connectivity index (χ2n) is 8.93. The monoisotopic (exact) mass is 530 g/mol. The SMILES string of the molecule is COc1cc(C2C(=C(O)c3ccc4c(c3)OCCO4)C(=O)C(=O)N2c2nc3ccc(C)cc3s2)ccc1O. The molecule has 9 nitrogen and oxygen atoms in total. The van der Waals surface area contributed by atoms with Crippen molar-refractivity contribution < 1.29 is 34.0 Å². The van der Waals surface area contributed by atoms with Gasteiger partial charge in [0, 0.05) is 5.56 Å². The third-order valence-corrected chi connectivity index (χ3v) is 7.54. The molecular weight excluding hydrogens is 508 g/mol. The lowest BCUT2D eigenvalue weighted by Gasteiger charge is -2.24. The van der Waals surface area contributed by atoms with Gasteiger partial charge in [-0.2, -0.15) is 0 Å². The smallest absolute Gasteiger partial charge is 0.301 e. The van der Waals surface area contributed by atoms with Crippen molar-refractivity contribution in [1.29, 1.82) is 0 Å². The van der Waals surface area contributed by atoms with Gasteiger partial charge in [0.1, 0.15) is 19.0 Å². The minimum absolute atomic E-state index is 0.101. The molecule has 1 saturated heterocycles. The molecule has 4 aromatic rings. The molecule has 192 valence electrons. The first-order valence-corrected chi connectivity index (χ1v) is 12.6. The van der Waals surface area contributed by atoms with Crippen molar-refractivity contribution in [2.45, 2.75) is 13.0 Å². The van der Waals surface area contributed by atoms with Gasteiger partial charge in [-0.1, -0.05) is 23.5 Å². The minimum atomic E-state index is -1.03. The number of aryl methyl sites for hydroxylation is 1. The number of nitrogens with zero attached hydrogens (tertiary/aromatic N) is 2. The van der Waals surface area contributed by atoms with Crippen LogP contribution >= 0.6 is 11.3 Å². The van der Waals surface area contributed by atoms with Gasteiger partial charge in [0.25, 0.3) is 5.78 Å². The number of rotatable bonds is 4. The molecule has 2 N–H and O–H groups in total. The average Bonchev–Trinajstić information content (AvgIpc) is 3.45. The lowest BCUT2D eigenvalue weighted by atomic mass is 9.95. The number of fused-ring (bicyclic) bond motifs is 2. The summed E-state index contributed by atoms with van der Waals surface area (Å²) in [5.74, 6) is -1.03. The zero-order valence-corrected chi connectivity index (χ0v) is 21.2. The van der Waals surface area contributed by atoms with Crippen LogP contribution in [0, 0.1) is 6.92 Å². The Morgan fingerprint density at radius 3 is 2.63 bits per heavy atom. The third-order valence-electron chi connectivity index (χ3n) is 6.52. The normalized spacial score (nSPS) is 18.3. The van der Waals surface area contributed by atoms with E-state index in [1.54, 1.807) is 24.3 Å². The molecule has 38 heavy (non-hydrogen) atoms. The molecule has 0 bridgehead atoms. The first-order chi connectivity index (χ1) is 18.4. The number of hydrogen-bond donors (Lipinski definition) is 2. The van der Waals surface area contributed by atoms with E-state index in [1.807, 2.05) is 25.1 Å². The second kappa shape index (κ2) is 9.07. The molecule has 1 fully saturated rings. The van der Waals surface area contributed by atoms with Crippen molar-refractivity contribution >= 4 is 44.1 Å². The number of ketones is 1. The van der Waals surface area contributed by atoms with E-state index in [0.29, 0.717) is 46.5 Å². The molecule has 0 aliphatic carbocycles. The molecule has 0 spiro atoms. The van der Waals surface area contributed by atoms with Crippen molar-refractivity contribution in [3.8, 4) is 23.0 Å². The fraction of sp³-hybridized carbons (Fsp3) is 0.179. The van der Waals surface area contributed by atoms with Crippen LogP contribution in [0.5, 0.6) is 23.0 Å². The number of hydrogen-bond acceptors (Lipinski definition) is 9. The molecule has 1 aromatic heterocycles. The van der Waals surface area contributed by atoms with Crippen molar-refractivity contribution in [1.82, 2.24) is 4.98 Å². The lowest BCUT2D eigenvalue weighted by Crippen LogP contribution is -2.29. The molecule has 3 aromatic carbocycles. The number of aliphatic hydroxyl groups excluding tert-OH is 1. The Hall–Kier alpha value is -4.57. The van der Waals surface area contributed by atoms with Crippen LogP contribution in [0.1, 0.15) is 22.7 Å². The van der Waals surface area contributed by atoms with Crippen molar-refractivity contribution in [2.24, 2.45) is 0 Å². The van der Waals surface area contributed by atoms with Crippen LogP contribution in [0.2, 0.25) is 0 Å². The van der Waals surface area contributed by atoms with Gasteiger partial charge in [-0.15, -0.1) is 0 Å². The summed E-state index contributed by atoms with van der Waals surface area (Å²) in [4.78, 5) is 32.9. The number of aromatic nitrogens is 1. The van der Waals surface area contributed by atoms with Crippen LogP contribution in [0.25, 0.3) is 16.0 Å². The number of phenolic OH excluding ortho intramolecular Hbond substituents is 1. The maximum absolute atomic E-state index is 13.5. The maximum atomic E-state index is 13.5. The molecule has 1 atom stereocenters. The number of ether oxygens (including phenoxy) is 3. The van der Waals surface area contributed by atoms with Crippen LogP contribution in [0.3, 0.4) is 0 Å². The zero-order valence-electron chi connectivity index (χ0n) is 20.4. The van der Waals surface area contributed by atoms with E-state index in [2.05, 4.69) is 4.98 Å². The Labute approximate surface area is 221 Å².